The zero-order chi connectivity index (χ0) is 11.0. The van der Waals surface area contributed by atoms with Gasteiger partial charge in [-0.1, -0.05) is 5.16 Å². The quantitative estimate of drug-likeness (QED) is 0.860. The minimum absolute atomic E-state index is 0.492. The zero-order valence-corrected chi connectivity index (χ0v) is 10.2. The van der Waals surface area contributed by atoms with Gasteiger partial charge in [-0.05, 0) is 15.9 Å². The Morgan fingerprint density at radius 1 is 1.44 bits per heavy atom. The predicted molar refractivity (Wildman–Crippen MR) is 60.7 cm³/mol. The summed E-state index contributed by atoms with van der Waals surface area (Å²) in [6, 6.07) is 0.492. The molecule has 3 heterocycles. The average Bonchev–Trinajstić information content (AvgIpc) is 2.82. The summed E-state index contributed by atoms with van der Waals surface area (Å²) in [6.45, 7) is 2.96. The Hall–Kier alpha value is -1.14. The molecule has 1 fully saturated rings. The van der Waals surface area contributed by atoms with E-state index in [2.05, 4.69) is 31.1 Å². The third-order valence-corrected chi connectivity index (χ3v) is 3.18. The van der Waals surface area contributed by atoms with Gasteiger partial charge in [0, 0.05) is 31.4 Å². The highest BCUT2D eigenvalue weighted by Gasteiger charge is 2.28. The van der Waals surface area contributed by atoms with Crippen LogP contribution in [0.3, 0.4) is 0 Å². The highest BCUT2D eigenvalue weighted by molar-refractivity contribution is 9.10. The van der Waals surface area contributed by atoms with Crippen molar-refractivity contribution in [2.75, 3.05) is 13.1 Å². The molecule has 16 heavy (non-hydrogen) atoms. The molecule has 0 N–H and O–H groups in total. The van der Waals surface area contributed by atoms with Gasteiger partial charge in [0.1, 0.15) is 6.26 Å². The van der Waals surface area contributed by atoms with Crippen molar-refractivity contribution in [3.05, 3.63) is 34.9 Å². The summed E-state index contributed by atoms with van der Waals surface area (Å²) in [5.41, 5.74) is 1.13. The maximum Gasteiger partial charge on any atom is 0.128 e. The monoisotopic (exact) mass is 282 g/mol. The van der Waals surface area contributed by atoms with Gasteiger partial charge in [0.05, 0.1) is 22.9 Å². The van der Waals surface area contributed by atoms with Crippen LogP contribution >= 0.6 is 15.9 Å². The molecule has 1 aliphatic rings. The first-order chi connectivity index (χ1) is 7.81. The van der Waals surface area contributed by atoms with Crippen LogP contribution in [-0.2, 0) is 6.54 Å². The normalized spacial score (nSPS) is 17.6. The van der Waals surface area contributed by atoms with Crippen LogP contribution in [0.15, 0.2) is 33.8 Å². The maximum atomic E-state index is 4.80. The Morgan fingerprint density at radius 2 is 2.31 bits per heavy atom. The van der Waals surface area contributed by atoms with E-state index >= 15 is 0 Å². The molecule has 0 amide bonds. The number of hydrogen-bond donors (Lipinski definition) is 0. The molecule has 2 aromatic rings. The van der Waals surface area contributed by atoms with Crippen LogP contribution in [0.1, 0.15) is 11.6 Å². The van der Waals surface area contributed by atoms with Crippen LogP contribution in [0.4, 0.5) is 0 Å². The third kappa shape index (κ3) is 1.90. The SMILES string of the molecule is Brc1cnn(C2CN(Cc3cnoc3)C2)c1. The highest BCUT2D eigenvalue weighted by atomic mass is 79.9. The number of nitrogens with zero attached hydrogens (tertiary/aromatic N) is 4. The molecule has 0 spiro atoms. The lowest BCUT2D eigenvalue weighted by Gasteiger charge is -2.38. The van der Waals surface area contributed by atoms with Gasteiger partial charge in [0.25, 0.3) is 0 Å². The fourth-order valence-corrected chi connectivity index (χ4v) is 2.22. The van der Waals surface area contributed by atoms with Crippen molar-refractivity contribution in [1.82, 2.24) is 19.8 Å². The summed E-state index contributed by atoms with van der Waals surface area (Å²) in [5, 5.41) is 7.97. The molecular weight excluding hydrogens is 272 g/mol. The largest absolute Gasteiger partial charge is 0.364 e. The van der Waals surface area contributed by atoms with Crippen LogP contribution in [0.2, 0.25) is 0 Å². The molecule has 3 rings (SSSR count). The average molecular weight is 283 g/mol. The van der Waals surface area contributed by atoms with E-state index in [1.54, 1.807) is 12.5 Å². The van der Waals surface area contributed by atoms with E-state index in [-0.39, 0.29) is 0 Å². The summed E-state index contributed by atoms with van der Waals surface area (Å²) < 4.78 is 7.84. The molecule has 2 aromatic heterocycles. The standard InChI is InChI=1S/C10H11BrN4O/c11-9-2-12-15(4-9)10-5-14(6-10)3-8-1-13-16-7-8/h1-2,4,7,10H,3,5-6H2. The number of aromatic nitrogens is 3. The Balaban J connectivity index is 1.55. The topological polar surface area (TPSA) is 47.1 Å². The van der Waals surface area contributed by atoms with E-state index in [4.69, 9.17) is 4.52 Å². The molecule has 5 nitrogen and oxygen atoms in total. The third-order valence-electron chi connectivity index (χ3n) is 2.77. The minimum atomic E-state index is 0.492. The minimum Gasteiger partial charge on any atom is -0.364 e. The van der Waals surface area contributed by atoms with Gasteiger partial charge in [-0.3, -0.25) is 9.58 Å². The highest BCUT2D eigenvalue weighted by Crippen LogP contribution is 2.23. The second kappa shape index (κ2) is 4.03. The van der Waals surface area contributed by atoms with Crippen molar-refractivity contribution < 1.29 is 4.52 Å². The van der Waals surface area contributed by atoms with Gasteiger partial charge >= 0.3 is 0 Å². The first kappa shape index (κ1) is 10.0. The van der Waals surface area contributed by atoms with Gasteiger partial charge in [-0.15, -0.1) is 0 Å². The van der Waals surface area contributed by atoms with Crippen molar-refractivity contribution >= 4 is 15.9 Å². The molecule has 84 valence electrons. The molecule has 1 aliphatic heterocycles. The van der Waals surface area contributed by atoms with E-state index in [0.717, 1.165) is 29.7 Å². The summed E-state index contributed by atoms with van der Waals surface area (Å²) >= 11 is 3.40. The van der Waals surface area contributed by atoms with E-state index < -0.39 is 0 Å². The first-order valence-electron chi connectivity index (χ1n) is 5.11. The van der Waals surface area contributed by atoms with Gasteiger partial charge < -0.3 is 4.52 Å². The lowest BCUT2D eigenvalue weighted by molar-refractivity contribution is 0.0907. The van der Waals surface area contributed by atoms with Gasteiger partial charge in [0.15, 0.2) is 0 Å². The van der Waals surface area contributed by atoms with Crippen LogP contribution in [0.25, 0.3) is 0 Å². The molecule has 0 unspecified atom stereocenters. The molecular formula is C10H11BrN4O. The van der Waals surface area contributed by atoms with E-state index in [1.165, 1.54) is 0 Å². The maximum absolute atomic E-state index is 4.80. The first-order valence-corrected chi connectivity index (χ1v) is 5.91. The van der Waals surface area contributed by atoms with Crippen LogP contribution in [0.5, 0.6) is 0 Å². The van der Waals surface area contributed by atoms with Crippen LogP contribution in [0, 0.1) is 0 Å². The van der Waals surface area contributed by atoms with Crippen LogP contribution in [-0.4, -0.2) is 32.9 Å². The lowest BCUT2D eigenvalue weighted by Crippen LogP contribution is -2.47. The molecule has 0 atom stereocenters. The molecule has 0 aliphatic carbocycles. The van der Waals surface area contributed by atoms with Crippen molar-refractivity contribution in [3.63, 3.8) is 0 Å². The van der Waals surface area contributed by atoms with Crippen molar-refractivity contribution in [2.45, 2.75) is 12.6 Å². The fourth-order valence-electron chi connectivity index (χ4n) is 1.92. The summed E-state index contributed by atoms with van der Waals surface area (Å²) in [7, 11) is 0. The van der Waals surface area contributed by atoms with Crippen molar-refractivity contribution in [3.8, 4) is 0 Å². The Labute approximate surface area is 101 Å². The Bertz CT molecular complexity index is 461. The Kier molecular flexibility index (Phi) is 2.53. The van der Waals surface area contributed by atoms with E-state index in [9.17, 15) is 0 Å². The molecule has 6 heteroatoms. The van der Waals surface area contributed by atoms with Crippen molar-refractivity contribution in [1.29, 1.82) is 0 Å². The van der Waals surface area contributed by atoms with Gasteiger partial charge in [-0.2, -0.15) is 5.10 Å². The molecule has 0 radical (unpaired) electrons. The van der Waals surface area contributed by atoms with Gasteiger partial charge in [0.2, 0.25) is 0 Å². The summed E-state index contributed by atoms with van der Waals surface area (Å²) in [6.07, 6.45) is 7.29. The number of rotatable bonds is 3. The smallest absolute Gasteiger partial charge is 0.128 e. The number of likely N-dealkylation sites (tertiary alicyclic amines) is 1. The lowest BCUT2D eigenvalue weighted by atomic mass is 10.1. The molecule has 0 bridgehead atoms. The molecule has 0 saturated carbocycles. The van der Waals surface area contributed by atoms with Crippen molar-refractivity contribution in [2.24, 2.45) is 0 Å². The van der Waals surface area contributed by atoms with Crippen LogP contribution < -0.4 is 0 Å². The molecule has 0 aromatic carbocycles. The summed E-state index contributed by atoms with van der Waals surface area (Å²) in [5.74, 6) is 0. The second-order valence-corrected chi connectivity index (χ2v) is 4.93. The summed E-state index contributed by atoms with van der Waals surface area (Å²) in [4.78, 5) is 2.34. The van der Waals surface area contributed by atoms with E-state index in [1.807, 2.05) is 17.1 Å². The van der Waals surface area contributed by atoms with E-state index in [0.29, 0.717) is 6.04 Å². The number of halogens is 1. The fraction of sp³-hybridized carbons (Fsp3) is 0.400. The molecule has 1 saturated heterocycles. The second-order valence-electron chi connectivity index (χ2n) is 4.02. The Morgan fingerprint density at radius 3 is 2.94 bits per heavy atom. The number of hydrogen-bond acceptors (Lipinski definition) is 4. The van der Waals surface area contributed by atoms with Gasteiger partial charge in [-0.25, -0.2) is 0 Å². The zero-order valence-electron chi connectivity index (χ0n) is 8.58. The predicted octanol–water partition coefficient (Wildman–Crippen LogP) is 1.69.